The Hall–Kier alpha value is -1.89. The van der Waals surface area contributed by atoms with Gasteiger partial charge in [0.05, 0.1) is 23.4 Å². The molecule has 3 aromatic rings. The molecule has 1 amide bonds. The summed E-state index contributed by atoms with van der Waals surface area (Å²) in [6.45, 7) is 5.78. The molecule has 220 valence electrons. The van der Waals surface area contributed by atoms with E-state index in [1.807, 2.05) is 36.4 Å². The quantitative estimate of drug-likeness (QED) is 0.122. The number of hydrogen-bond acceptors (Lipinski definition) is 3. The van der Waals surface area contributed by atoms with Gasteiger partial charge in [-0.05, 0) is 24.6 Å². The molecule has 0 bridgehead atoms. The van der Waals surface area contributed by atoms with Crippen LogP contribution in [0.4, 0.5) is 5.69 Å². The Kier molecular flexibility index (Phi) is 17.2. The molecule has 0 saturated heterocycles. The number of aryl methyl sites for hydroxylation is 1. The van der Waals surface area contributed by atoms with Crippen molar-refractivity contribution in [2.45, 2.75) is 104 Å². The third-order valence-electron chi connectivity index (χ3n) is 7.09. The molecule has 0 atom stereocenters. The zero-order valence-corrected chi connectivity index (χ0v) is 27.4. The second-order valence-corrected chi connectivity index (χ2v) is 11.9. The Morgan fingerprint density at radius 1 is 0.925 bits per heavy atom. The highest BCUT2D eigenvalue weighted by Gasteiger charge is 2.14. The van der Waals surface area contributed by atoms with Crippen LogP contribution in [0.2, 0.25) is 5.02 Å². The number of ether oxygens (including phenoxy) is 1. The number of aromatic nitrogens is 1. The van der Waals surface area contributed by atoms with Crippen molar-refractivity contribution < 1.29 is 31.1 Å². The van der Waals surface area contributed by atoms with Crippen LogP contribution in [0.25, 0.3) is 0 Å². The number of thiazole rings is 1. The molecule has 4 nitrogen and oxygen atoms in total. The number of unbranched alkanes of at least 4 members (excludes halogenated alkanes) is 11. The van der Waals surface area contributed by atoms with Crippen molar-refractivity contribution in [3.63, 3.8) is 0 Å². The average molecular weight is 650 g/mol. The molecule has 3 rings (SSSR count). The number of halogens is 2. The highest BCUT2D eigenvalue weighted by atomic mass is 79.9. The fourth-order valence-corrected chi connectivity index (χ4v) is 5.75. The standard InChI is InChI=1S/C33H45ClN2O2S.BrH/c1-3-4-5-6-7-8-9-10-11-12-13-14-22-38-33-29(18-16-20-31(33)34)25-32(37)35-30-19-15-17-28(24-30)26-36-21-23-39-27(36)2;/h15-21,23-24H,3-14,22,25-26H2,1-2H3;1H. The van der Waals surface area contributed by atoms with E-state index in [4.69, 9.17) is 16.3 Å². The van der Waals surface area contributed by atoms with Gasteiger partial charge in [-0.15, -0.1) is 0 Å². The van der Waals surface area contributed by atoms with E-state index in [-0.39, 0.29) is 29.3 Å². The van der Waals surface area contributed by atoms with E-state index < -0.39 is 0 Å². The van der Waals surface area contributed by atoms with Crippen molar-refractivity contribution in [3.05, 3.63) is 75.2 Å². The van der Waals surface area contributed by atoms with E-state index in [1.54, 1.807) is 11.3 Å². The lowest BCUT2D eigenvalue weighted by molar-refractivity contribution is -0.689. The van der Waals surface area contributed by atoms with Gasteiger partial charge in [-0.1, -0.05) is 125 Å². The van der Waals surface area contributed by atoms with Gasteiger partial charge in [0.1, 0.15) is 5.75 Å². The largest absolute Gasteiger partial charge is 1.00 e. The summed E-state index contributed by atoms with van der Waals surface area (Å²) in [6, 6.07) is 13.7. The zero-order chi connectivity index (χ0) is 27.7. The molecule has 0 aliphatic rings. The highest BCUT2D eigenvalue weighted by molar-refractivity contribution is 7.09. The Bertz CT molecular complexity index is 1140. The summed E-state index contributed by atoms with van der Waals surface area (Å²) in [7, 11) is 0. The highest BCUT2D eigenvalue weighted by Crippen LogP contribution is 2.29. The number of carbonyl (C=O) groups excluding carboxylic acids is 1. The number of benzene rings is 2. The van der Waals surface area contributed by atoms with Gasteiger partial charge in [-0.25, -0.2) is 0 Å². The van der Waals surface area contributed by atoms with Crippen LogP contribution in [-0.2, 0) is 17.8 Å². The van der Waals surface area contributed by atoms with Crippen LogP contribution < -0.4 is 31.6 Å². The molecular formula is C33H46BrClN2O2S. The molecule has 0 spiro atoms. The predicted octanol–water partition coefficient (Wildman–Crippen LogP) is 6.31. The van der Waals surface area contributed by atoms with Crippen molar-refractivity contribution >= 4 is 34.5 Å². The summed E-state index contributed by atoms with van der Waals surface area (Å²) in [5.74, 6) is 0.555. The fraction of sp³-hybridized carbons (Fsp3) is 0.515. The summed E-state index contributed by atoms with van der Waals surface area (Å²) >= 11 is 8.19. The lowest BCUT2D eigenvalue weighted by atomic mass is 10.1. The van der Waals surface area contributed by atoms with Crippen LogP contribution in [0.15, 0.2) is 54.0 Å². The lowest BCUT2D eigenvalue weighted by Crippen LogP contribution is -3.00. The number of nitrogens with zero attached hydrogens (tertiary/aromatic N) is 1. The number of amides is 1. The minimum absolute atomic E-state index is 0. The predicted molar refractivity (Wildman–Crippen MR) is 165 cm³/mol. The van der Waals surface area contributed by atoms with E-state index in [9.17, 15) is 4.79 Å². The first-order valence-electron chi connectivity index (χ1n) is 14.8. The maximum Gasteiger partial charge on any atom is 0.234 e. The van der Waals surface area contributed by atoms with Crippen LogP contribution in [-0.4, -0.2) is 12.5 Å². The normalized spacial score (nSPS) is 10.8. The molecule has 0 aliphatic heterocycles. The van der Waals surface area contributed by atoms with Gasteiger partial charge in [0.15, 0.2) is 12.7 Å². The summed E-state index contributed by atoms with van der Waals surface area (Å²) in [6.07, 6.45) is 18.0. The van der Waals surface area contributed by atoms with E-state index in [2.05, 4.69) is 41.4 Å². The smallest absolute Gasteiger partial charge is 0.234 e. The number of para-hydroxylation sites is 1. The molecule has 2 aromatic carbocycles. The van der Waals surface area contributed by atoms with Gasteiger partial charge in [-0.3, -0.25) is 4.79 Å². The van der Waals surface area contributed by atoms with Gasteiger partial charge >= 0.3 is 0 Å². The lowest BCUT2D eigenvalue weighted by Gasteiger charge is -2.13. The fourth-order valence-electron chi connectivity index (χ4n) is 4.83. The van der Waals surface area contributed by atoms with Crippen LogP contribution in [0.3, 0.4) is 0 Å². The molecule has 1 aromatic heterocycles. The first kappa shape index (κ1) is 34.3. The zero-order valence-electron chi connectivity index (χ0n) is 24.2. The van der Waals surface area contributed by atoms with E-state index >= 15 is 0 Å². The Labute approximate surface area is 261 Å². The van der Waals surface area contributed by atoms with E-state index in [1.165, 1.54) is 69.2 Å². The molecular weight excluding hydrogens is 604 g/mol. The second kappa shape index (κ2) is 20.1. The van der Waals surface area contributed by atoms with Crippen LogP contribution >= 0.6 is 22.9 Å². The summed E-state index contributed by atoms with van der Waals surface area (Å²) in [5.41, 5.74) is 2.76. The van der Waals surface area contributed by atoms with Gasteiger partial charge in [0.2, 0.25) is 10.9 Å². The van der Waals surface area contributed by atoms with Crippen molar-refractivity contribution in [1.29, 1.82) is 0 Å². The molecule has 0 fully saturated rings. The van der Waals surface area contributed by atoms with Crippen LogP contribution in [0.5, 0.6) is 5.75 Å². The maximum atomic E-state index is 12.9. The summed E-state index contributed by atoms with van der Waals surface area (Å²) < 4.78 is 8.29. The first-order valence-corrected chi connectivity index (χ1v) is 16.0. The third kappa shape index (κ3) is 12.7. The van der Waals surface area contributed by atoms with Crippen molar-refractivity contribution in [2.75, 3.05) is 11.9 Å². The number of nitrogens with one attached hydrogen (secondary N) is 1. The Morgan fingerprint density at radius 3 is 2.23 bits per heavy atom. The monoisotopic (exact) mass is 648 g/mol. The molecule has 0 saturated carbocycles. The number of anilines is 1. The van der Waals surface area contributed by atoms with E-state index in [0.717, 1.165) is 36.2 Å². The molecule has 1 N–H and O–H groups in total. The van der Waals surface area contributed by atoms with Crippen molar-refractivity contribution in [1.82, 2.24) is 0 Å². The third-order valence-corrected chi connectivity index (χ3v) is 8.22. The van der Waals surface area contributed by atoms with Gasteiger partial charge in [-0.2, -0.15) is 4.57 Å². The second-order valence-electron chi connectivity index (χ2n) is 10.4. The topological polar surface area (TPSA) is 42.2 Å². The van der Waals surface area contributed by atoms with Gasteiger partial charge < -0.3 is 27.0 Å². The summed E-state index contributed by atoms with van der Waals surface area (Å²) in [4.78, 5) is 12.9. The minimum Gasteiger partial charge on any atom is -1.00 e. The van der Waals surface area contributed by atoms with Gasteiger partial charge in [0.25, 0.3) is 0 Å². The molecule has 40 heavy (non-hydrogen) atoms. The average Bonchev–Trinajstić information content (AvgIpc) is 3.32. The Morgan fingerprint density at radius 2 is 1.57 bits per heavy atom. The van der Waals surface area contributed by atoms with Crippen LogP contribution in [0, 0.1) is 6.92 Å². The number of carbonyl (C=O) groups is 1. The number of hydrogen-bond donors (Lipinski definition) is 1. The summed E-state index contributed by atoms with van der Waals surface area (Å²) in [5, 5.41) is 6.94. The van der Waals surface area contributed by atoms with Gasteiger partial charge in [0, 0.05) is 23.7 Å². The van der Waals surface area contributed by atoms with Crippen molar-refractivity contribution in [2.24, 2.45) is 0 Å². The maximum absolute atomic E-state index is 12.9. The minimum atomic E-state index is -0.0796. The Balaban J connectivity index is 0.00000560. The molecule has 0 radical (unpaired) electrons. The van der Waals surface area contributed by atoms with Crippen molar-refractivity contribution in [3.8, 4) is 5.75 Å². The molecule has 7 heteroatoms. The van der Waals surface area contributed by atoms with Crippen LogP contribution in [0.1, 0.15) is 100 Å². The SMILES string of the molecule is CCCCCCCCCCCCCCOc1c(Cl)cccc1CC(=O)Nc1cccc(C[n+]2ccsc2C)c1.[Br-]. The molecule has 0 aliphatic carbocycles. The molecule has 1 heterocycles. The van der Waals surface area contributed by atoms with E-state index in [0.29, 0.717) is 17.4 Å². The molecule has 0 unspecified atom stereocenters. The number of rotatable bonds is 19. The first-order chi connectivity index (χ1) is 19.1.